The van der Waals surface area contributed by atoms with Crippen molar-refractivity contribution >= 4 is 5.57 Å². The highest BCUT2D eigenvalue weighted by Gasteiger charge is 2.09. The van der Waals surface area contributed by atoms with Crippen molar-refractivity contribution in [3.63, 3.8) is 0 Å². The quantitative estimate of drug-likeness (QED) is 0.665. The van der Waals surface area contributed by atoms with E-state index in [2.05, 4.69) is 53.3 Å². The van der Waals surface area contributed by atoms with E-state index in [4.69, 9.17) is 0 Å². The normalized spacial score (nSPS) is 10.8. The predicted octanol–water partition coefficient (Wildman–Crippen LogP) is 4.71. The van der Waals surface area contributed by atoms with Gasteiger partial charge in [0.2, 0.25) is 0 Å². The summed E-state index contributed by atoms with van der Waals surface area (Å²) in [7, 11) is 0. The van der Waals surface area contributed by atoms with E-state index >= 15 is 0 Å². The Kier molecular flexibility index (Phi) is 3.73. The lowest BCUT2D eigenvalue weighted by Gasteiger charge is -2.16. The van der Waals surface area contributed by atoms with Gasteiger partial charge in [-0.15, -0.1) is 0 Å². The zero-order valence-electron chi connectivity index (χ0n) is 10.6. The molecule has 0 bridgehead atoms. The standard InChI is InChI=1S/C15H22/c1-7-13-9-14(10(2)3)12(6)8-15(13)11(4)5/h8-10H,4,7H2,1-3,5-6H3. The topological polar surface area (TPSA) is 0 Å². The van der Waals surface area contributed by atoms with Crippen molar-refractivity contribution in [1.82, 2.24) is 0 Å². The lowest BCUT2D eigenvalue weighted by Crippen LogP contribution is -1.98. The van der Waals surface area contributed by atoms with Crippen LogP contribution < -0.4 is 0 Å². The molecule has 0 saturated carbocycles. The minimum Gasteiger partial charge on any atom is -0.0955 e. The molecule has 0 N–H and O–H groups in total. The third kappa shape index (κ3) is 2.50. The Morgan fingerprint density at radius 3 is 2.33 bits per heavy atom. The van der Waals surface area contributed by atoms with Gasteiger partial charge in [0.25, 0.3) is 0 Å². The first-order valence-electron chi connectivity index (χ1n) is 5.76. The van der Waals surface area contributed by atoms with E-state index in [0.717, 1.165) is 6.42 Å². The first-order chi connectivity index (χ1) is 6.97. The molecule has 0 aliphatic rings. The van der Waals surface area contributed by atoms with Crippen LogP contribution >= 0.6 is 0 Å². The number of benzene rings is 1. The maximum atomic E-state index is 4.05. The highest BCUT2D eigenvalue weighted by molar-refractivity contribution is 5.66. The molecule has 0 aromatic heterocycles. The lowest BCUT2D eigenvalue weighted by atomic mass is 9.90. The summed E-state index contributed by atoms with van der Waals surface area (Å²) in [4.78, 5) is 0. The molecular weight excluding hydrogens is 180 g/mol. The van der Waals surface area contributed by atoms with Gasteiger partial charge in [-0.25, -0.2) is 0 Å². The molecule has 0 fully saturated rings. The van der Waals surface area contributed by atoms with Crippen LogP contribution in [0.4, 0.5) is 0 Å². The van der Waals surface area contributed by atoms with Crippen LogP contribution in [0.3, 0.4) is 0 Å². The predicted molar refractivity (Wildman–Crippen MR) is 69.4 cm³/mol. The molecule has 0 unspecified atom stereocenters. The van der Waals surface area contributed by atoms with Crippen LogP contribution in [-0.2, 0) is 6.42 Å². The van der Waals surface area contributed by atoms with E-state index in [1.807, 2.05) is 0 Å². The Hall–Kier alpha value is -1.04. The fraction of sp³-hybridized carbons (Fsp3) is 0.467. The maximum Gasteiger partial charge on any atom is -0.0198 e. The first-order valence-corrected chi connectivity index (χ1v) is 5.76. The van der Waals surface area contributed by atoms with Crippen molar-refractivity contribution in [2.24, 2.45) is 0 Å². The fourth-order valence-corrected chi connectivity index (χ4v) is 2.08. The van der Waals surface area contributed by atoms with Gasteiger partial charge in [-0.1, -0.05) is 45.1 Å². The average Bonchev–Trinajstić information content (AvgIpc) is 2.16. The first kappa shape index (κ1) is 12.0. The molecule has 1 rings (SSSR count). The van der Waals surface area contributed by atoms with E-state index in [9.17, 15) is 0 Å². The van der Waals surface area contributed by atoms with Crippen molar-refractivity contribution in [3.8, 4) is 0 Å². The summed E-state index contributed by atoms with van der Waals surface area (Å²) in [5.41, 5.74) is 6.79. The number of rotatable bonds is 3. The molecule has 1 aromatic rings. The van der Waals surface area contributed by atoms with Crippen molar-refractivity contribution in [1.29, 1.82) is 0 Å². The molecule has 1 aromatic carbocycles. The van der Waals surface area contributed by atoms with Crippen LogP contribution in [0.25, 0.3) is 5.57 Å². The van der Waals surface area contributed by atoms with Crippen LogP contribution in [-0.4, -0.2) is 0 Å². The van der Waals surface area contributed by atoms with Crippen LogP contribution in [0.5, 0.6) is 0 Å². The molecule has 0 atom stereocenters. The average molecular weight is 202 g/mol. The van der Waals surface area contributed by atoms with Gasteiger partial charge >= 0.3 is 0 Å². The molecule has 82 valence electrons. The number of hydrogen-bond donors (Lipinski definition) is 0. The van der Waals surface area contributed by atoms with E-state index in [-0.39, 0.29) is 0 Å². The van der Waals surface area contributed by atoms with Gasteiger partial charge < -0.3 is 0 Å². The minimum atomic E-state index is 0.606. The zero-order chi connectivity index (χ0) is 11.6. The van der Waals surface area contributed by atoms with Crippen molar-refractivity contribution in [2.75, 3.05) is 0 Å². The van der Waals surface area contributed by atoms with Gasteiger partial charge in [0.05, 0.1) is 0 Å². The van der Waals surface area contributed by atoms with Crippen molar-refractivity contribution in [2.45, 2.75) is 47.0 Å². The highest BCUT2D eigenvalue weighted by atomic mass is 14.1. The number of aryl methyl sites for hydroxylation is 2. The zero-order valence-corrected chi connectivity index (χ0v) is 10.6. The van der Waals surface area contributed by atoms with Gasteiger partial charge in [-0.05, 0) is 48.4 Å². The monoisotopic (exact) mass is 202 g/mol. The van der Waals surface area contributed by atoms with Crippen LogP contribution in [0.15, 0.2) is 18.7 Å². The third-order valence-electron chi connectivity index (χ3n) is 2.95. The summed E-state index contributed by atoms with van der Waals surface area (Å²) in [6.45, 7) is 15.0. The third-order valence-corrected chi connectivity index (χ3v) is 2.95. The molecule has 0 spiro atoms. The second kappa shape index (κ2) is 4.65. The number of hydrogen-bond acceptors (Lipinski definition) is 0. The Balaban J connectivity index is 3.35. The largest absolute Gasteiger partial charge is 0.0955 e. The molecule has 0 aliphatic carbocycles. The molecule has 0 saturated heterocycles. The molecule has 0 amide bonds. The van der Waals surface area contributed by atoms with Crippen LogP contribution in [0.2, 0.25) is 0 Å². The second-order valence-electron chi connectivity index (χ2n) is 4.65. The molecule has 0 radical (unpaired) electrons. The summed E-state index contributed by atoms with van der Waals surface area (Å²) in [6.07, 6.45) is 1.09. The number of allylic oxidation sites excluding steroid dienone is 1. The Labute approximate surface area is 94.0 Å². The Morgan fingerprint density at radius 1 is 1.33 bits per heavy atom. The smallest absolute Gasteiger partial charge is 0.0198 e. The summed E-state index contributed by atoms with van der Waals surface area (Å²) in [5, 5.41) is 0. The van der Waals surface area contributed by atoms with Crippen molar-refractivity contribution in [3.05, 3.63) is 41.0 Å². The Morgan fingerprint density at radius 2 is 1.93 bits per heavy atom. The fourth-order valence-electron chi connectivity index (χ4n) is 2.08. The summed E-state index contributed by atoms with van der Waals surface area (Å²) >= 11 is 0. The van der Waals surface area contributed by atoms with E-state index in [0.29, 0.717) is 5.92 Å². The minimum absolute atomic E-state index is 0.606. The SMILES string of the molecule is C=C(C)c1cc(C)c(C(C)C)cc1CC. The molecule has 15 heavy (non-hydrogen) atoms. The summed E-state index contributed by atoms with van der Waals surface area (Å²) in [6, 6.07) is 4.64. The van der Waals surface area contributed by atoms with Crippen molar-refractivity contribution < 1.29 is 0 Å². The Bertz CT molecular complexity index is 370. The van der Waals surface area contributed by atoms with Gasteiger partial charge in [-0.3, -0.25) is 0 Å². The molecule has 0 heteroatoms. The van der Waals surface area contributed by atoms with Gasteiger partial charge in [0, 0.05) is 0 Å². The van der Waals surface area contributed by atoms with Gasteiger partial charge in [0.15, 0.2) is 0 Å². The molecule has 0 aliphatic heterocycles. The molecular formula is C15H22. The maximum absolute atomic E-state index is 4.05. The van der Waals surface area contributed by atoms with E-state index in [1.165, 1.54) is 27.8 Å². The summed E-state index contributed by atoms with van der Waals surface area (Å²) < 4.78 is 0. The molecule has 0 nitrogen and oxygen atoms in total. The summed E-state index contributed by atoms with van der Waals surface area (Å²) in [5.74, 6) is 0.606. The second-order valence-corrected chi connectivity index (χ2v) is 4.65. The lowest BCUT2D eigenvalue weighted by molar-refractivity contribution is 0.851. The van der Waals surface area contributed by atoms with E-state index in [1.54, 1.807) is 0 Å². The van der Waals surface area contributed by atoms with Gasteiger partial charge in [0.1, 0.15) is 0 Å². The molecule has 0 heterocycles. The van der Waals surface area contributed by atoms with Gasteiger partial charge in [-0.2, -0.15) is 0 Å². The highest BCUT2D eigenvalue weighted by Crippen LogP contribution is 2.27. The van der Waals surface area contributed by atoms with Crippen LogP contribution in [0, 0.1) is 6.92 Å². The van der Waals surface area contributed by atoms with Crippen LogP contribution in [0.1, 0.15) is 55.9 Å². The van der Waals surface area contributed by atoms with E-state index < -0.39 is 0 Å².